The summed E-state index contributed by atoms with van der Waals surface area (Å²) in [6.07, 6.45) is 0.752. The van der Waals surface area contributed by atoms with Gasteiger partial charge in [-0.1, -0.05) is 30.3 Å². The highest BCUT2D eigenvalue weighted by molar-refractivity contribution is 7.89. The Hall–Kier alpha value is -3.69. The number of benzene rings is 3. The molecule has 1 aliphatic heterocycles. The number of hydrogen-bond donors (Lipinski definition) is 1. The summed E-state index contributed by atoms with van der Waals surface area (Å²) in [7, 11) is -2.29. The molecule has 0 saturated heterocycles. The average molecular weight is 464 g/mol. The van der Waals surface area contributed by atoms with Crippen molar-refractivity contribution in [3.8, 4) is 0 Å². The Morgan fingerprint density at radius 1 is 1.06 bits per heavy atom. The molecular formula is C24H21N3O5S. The lowest BCUT2D eigenvalue weighted by atomic mass is 10.1. The summed E-state index contributed by atoms with van der Waals surface area (Å²) in [5.41, 5.74) is 3.92. The summed E-state index contributed by atoms with van der Waals surface area (Å²) < 4.78 is 34.7. The summed E-state index contributed by atoms with van der Waals surface area (Å²) in [5.74, 6) is -0.634. The van der Waals surface area contributed by atoms with Gasteiger partial charge in [0.15, 0.2) is 5.58 Å². The first kappa shape index (κ1) is 21.2. The van der Waals surface area contributed by atoms with Gasteiger partial charge in [-0.25, -0.2) is 17.9 Å². The van der Waals surface area contributed by atoms with Crippen molar-refractivity contribution in [1.29, 1.82) is 0 Å². The van der Waals surface area contributed by atoms with E-state index in [9.17, 15) is 18.0 Å². The Kier molecular flexibility index (Phi) is 5.15. The van der Waals surface area contributed by atoms with Gasteiger partial charge in [0, 0.05) is 37.5 Å². The lowest BCUT2D eigenvalue weighted by Crippen LogP contribution is -2.29. The number of amides is 1. The Balaban J connectivity index is 1.36. The number of aryl methyl sites for hydroxylation is 1. The lowest BCUT2D eigenvalue weighted by molar-refractivity contribution is 0.0989. The predicted octanol–water partition coefficient (Wildman–Crippen LogP) is 2.81. The minimum Gasteiger partial charge on any atom is -0.408 e. The van der Waals surface area contributed by atoms with Crippen LogP contribution in [0.1, 0.15) is 21.5 Å². The van der Waals surface area contributed by atoms with Crippen LogP contribution in [0.15, 0.2) is 80.8 Å². The Bertz CT molecular complexity index is 1540. The van der Waals surface area contributed by atoms with E-state index in [4.69, 9.17) is 4.42 Å². The Morgan fingerprint density at radius 2 is 1.85 bits per heavy atom. The van der Waals surface area contributed by atoms with Crippen LogP contribution in [0.25, 0.3) is 11.1 Å². The number of carbonyl (C=O) groups is 1. The molecule has 0 spiro atoms. The number of nitrogens with zero attached hydrogens (tertiary/aromatic N) is 2. The largest absolute Gasteiger partial charge is 0.419 e. The molecule has 3 aromatic carbocycles. The number of sulfonamides is 1. The molecule has 0 aliphatic carbocycles. The van der Waals surface area contributed by atoms with Gasteiger partial charge in [-0.2, -0.15) is 0 Å². The SMILES string of the molecule is Cn1c(=O)oc2cc(S(=O)(=O)NCc3ccc4c(c3)N(C(=O)c3ccccc3)CC4)ccc21. The van der Waals surface area contributed by atoms with Gasteiger partial charge in [-0.3, -0.25) is 9.36 Å². The van der Waals surface area contributed by atoms with Crippen LogP contribution in [0.5, 0.6) is 0 Å². The molecule has 9 heteroatoms. The molecule has 8 nitrogen and oxygen atoms in total. The first-order chi connectivity index (χ1) is 15.8. The maximum atomic E-state index is 12.9. The van der Waals surface area contributed by atoms with Crippen molar-refractivity contribution in [3.05, 3.63) is 94.0 Å². The topological polar surface area (TPSA) is 102 Å². The number of anilines is 1. The molecule has 2 heterocycles. The van der Waals surface area contributed by atoms with Crippen LogP contribution in [-0.2, 0) is 30.0 Å². The van der Waals surface area contributed by atoms with Gasteiger partial charge in [0.05, 0.1) is 10.4 Å². The van der Waals surface area contributed by atoms with Gasteiger partial charge in [0.2, 0.25) is 10.0 Å². The molecular weight excluding hydrogens is 442 g/mol. The van der Waals surface area contributed by atoms with E-state index < -0.39 is 15.8 Å². The summed E-state index contributed by atoms with van der Waals surface area (Å²) in [6.45, 7) is 0.639. The number of nitrogens with one attached hydrogen (secondary N) is 1. The zero-order valence-electron chi connectivity index (χ0n) is 17.8. The monoisotopic (exact) mass is 463 g/mol. The van der Waals surface area contributed by atoms with Crippen LogP contribution < -0.4 is 15.4 Å². The van der Waals surface area contributed by atoms with Crippen molar-refractivity contribution in [1.82, 2.24) is 9.29 Å². The fraction of sp³-hybridized carbons (Fsp3) is 0.167. The molecule has 0 saturated carbocycles. The molecule has 1 aliphatic rings. The molecule has 5 rings (SSSR count). The van der Waals surface area contributed by atoms with Crippen LogP contribution >= 0.6 is 0 Å². The van der Waals surface area contributed by atoms with E-state index in [0.717, 1.165) is 23.2 Å². The maximum Gasteiger partial charge on any atom is 0.419 e. The second-order valence-electron chi connectivity index (χ2n) is 7.92. The van der Waals surface area contributed by atoms with Crippen LogP contribution in [0.3, 0.4) is 0 Å². The third-order valence-corrected chi connectivity index (χ3v) is 7.25. The molecule has 0 atom stereocenters. The predicted molar refractivity (Wildman–Crippen MR) is 124 cm³/mol. The molecule has 4 aromatic rings. The Labute approximate surface area is 190 Å². The molecule has 1 N–H and O–H groups in total. The maximum absolute atomic E-state index is 12.9. The van der Waals surface area contributed by atoms with Gasteiger partial charge in [-0.15, -0.1) is 0 Å². The number of aromatic nitrogens is 1. The summed E-state index contributed by atoms with van der Waals surface area (Å²) in [6, 6.07) is 19.0. The number of fused-ring (bicyclic) bond motifs is 2. The van der Waals surface area contributed by atoms with E-state index in [1.807, 2.05) is 36.4 Å². The van der Waals surface area contributed by atoms with Crippen molar-refractivity contribution >= 4 is 32.7 Å². The van der Waals surface area contributed by atoms with Crippen LogP contribution in [0.4, 0.5) is 5.69 Å². The minimum absolute atomic E-state index is 0.00592. The molecule has 0 radical (unpaired) electrons. The van der Waals surface area contributed by atoms with Crippen LogP contribution in [0, 0.1) is 0 Å². The number of rotatable bonds is 5. The fourth-order valence-corrected chi connectivity index (χ4v) is 5.06. The van der Waals surface area contributed by atoms with Gasteiger partial charge in [-0.05, 0) is 47.9 Å². The third kappa shape index (κ3) is 3.85. The number of oxazole rings is 1. The molecule has 0 bridgehead atoms. The zero-order chi connectivity index (χ0) is 23.2. The highest BCUT2D eigenvalue weighted by atomic mass is 32.2. The first-order valence-electron chi connectivity index (χ1n) is 10.4. The smallest absolute Gasteiger partial charge is 0.408 e. The summed E-state index contributed by atoms with van der Waals surface area (Å²) in [5, 5.41) is 0. The molecule has 1 amide bonds. The zero-order valence-corrected chi connectivity index (χ0v) is 18.6. The van der Waals surface area contributed by atoms with Gasteiger partial charge in [0.25, 0.3) is 5.91 Å². The Morgan fingerprint density at radius 3 is 2.64 bits per heavy atom. The van der Waals surface area contributed by atoms with Gasteiger partial charge < -0.3 is 9.32 Å². The van der Waals surface area contributed by atoms with Crippen molar-refractivity contribution in [2.24, 2.45) is 7.05 Å². The molecule has 1 aromatic heterocycles. The number of hydrogen-bond acceptors (Lipinski definition) is 5. The van der Waals surface area contributed by atoms with Crippen LogP contribution in [0.2, 0.25) is 0 Å². The van der Waals surface area contributed by atoms with E-state index in [0.29, 0.717) is 17.6 Å². The lowest BCUT2D eigenvalue weighted by Gasteiger charge is -2.18. The molecule has 0 fully saturated rings. The van der Waals surface area contributed by atoms with Crippen molar-refractivity contribution in [3.63, 3.8) is 0 Å². The second-order valence-corrected chi connectivity index (χ2v) is 9.68. The normalized spacial score (nSPS) is 13.4. The molecule has 33 heavy (non-hydrogen) atoms. The molecule has 168 valence electrons. The van der Waals surface area contributed by atoms with Crippen molar-refractivity contribution in [2.45, 2.75) is 17.9 Å². The second kappa shape index (κ2) is 8.02. The van der Waals surface area contributed by atoms with E-state index in [1.54, 1.807) is 24.1 Å². The first-order valence-corrected chi connectivity index (χ1v) is 11.9. The van der Waals surface area contributed by atoms with Crippen molar-refractivity contribution < 1.29 is 17.6 Å². The fourth-order valence-electron chi connectivity index (χ4n) is 4.03. The highest BCUT2D eigenvalue weighted by Crippen LogP contribution is 2.30. The van der Waals surface area contributed by atoms with Gasteiger partial charge in [0.1, 0.15) is 0 Å². The molecule has 0 unspecified atom stereocenters. The van der Waals surface area contributed by atoms with Crippen LogP contribution in [-0.4, -0.2) is 25.4 Å². The third-order valence-electron chi connectivity index (χ3n) is 5.85. The highest BCUT2D eigenvalue weighted by Gasteiger charge is 2.26. The van der Waals surface area contributed by atoms with Crippen molar-refractivity contribution in [2.75, 3.05) is 11.4 Å². The van der Waals surface area contributed by atoms with Gasteiger partial charge >= 0.3 is 5.76 Å². The van der Waals surface area contributed by atoms with E-state index in [-0.39, 0.29) is 22.9 Å². The minimum atomic E-state index is -3.84. The van der Waals surface area contributed by atoms with E-state index in [1.165, 1.54) is 22.8 Å². The summed E-state index contributed by atoms with van der Waals surface area (Å²) in [4.78, 5) is 26.3. The van der Waals surface area contributed by atoms with E-state index in [2.05, 4.69) is 4.72 Å². The average Bonchev–Trinajstić information content (AvgIpc) is 3.37. The number of carbonyl (C=O) groups excluding carboxylic acids is 1. The quantitative estimate of drug-likeness (QED) is 0.490. The standard InChI is InChI=1S/C24H21N3O5S/c1-26-20-10-9-19(14-22(20)32-24(26)29)33(30,31)25-15-16-7-8-17-11-12-27(21(17)13-16)23(28)18-5-3-2-4-6-18/h2-10,13-14,25H,11-12,15H2,1H3. The van der Waals surface area contributed by atoms with E-state index >= 15 is 0 Å². The summed E-state index contributed by atoms with van der Waals surface area (Å²) >= 11 is 0.